The summed E-state index contributed by atoms with van der Waals surface area (Å²) in [5.74, 6) is 0. The zero-order valence-electron chi connectivity index (χ0n) is 9.12. The van der Waals surface area contributed by atoms with Crippen LogP contribution < -0.4 is 0 Å². The van der Waals surface area contributed by atoms with E-state index in [0.29, 0.717) is 0 Å². The molecule has 0 saturated carbocycles. The minimum Gasteiger partial charge on any atom is -0.390 e. The van der Waals surface area contributed by atoms with E-state index in [-0.39, 0.29) is 6.61 Å². The average molecular weight is 201 g/mol. The van der Waals surface area contributed by atoms with Crippen LogP contribution in [0.1, 0.15) is 23.7 Å². The maximum absolute atomic E-state index is 9.06. The SMILES string of the molecule is CCc1ccc2nc(CO)cc(C)c2c1. The van der Waals surface area contributed by atoms with Gasteiger partial charge in [0.1, 0.15) is 0 Å². The Morgan fingerprint density at radius 1 is 1.27 bits per heavy atom. The van der Waals surface area contributed by atoms with Crippen molar-refractivity contribution in [1.82, 2.24) is 4.98 Å². The Labute approximate surface area is 89.6 Å². The lowest BCUT2D eigenvalue weighted by atomic mass is 10.0. The van der Waals surface area contributed by atoms with Crippen LogP contribution in [0.5, 0.6) is 0 Å². The van der Waals surface area contributed by atoms with E-state index >= 15 is 0 Å². The summed E-state index contributed by atoms with van der Waals surface area (Å²) in [7, 11) is 0. The largest absolute Gasteiger partial charge is 0.390 e. The highest BCUT2D eigenvalue weighted by Crippen LogP contribution is 2.19. The summed E-state index contributed by atoms with van der Waals surface area (Å²) in [6.07, 6.45) is 1.04. The molecule has 0 fully saturated rings. The second-order valence-corrected chi connectivity index (χ2v) is 3.79. The van der Waals surface area contributed by atoms with Gasteiger partial charge in [0.05, 0.1) is 17.8 Å². The van der Waals surface area contributed by atoms with Crippen molar-refractivity contribution < 1.29 is 5.11 Å². The molecule has 78 valence electrons. The van der Waals surface area contributed by atoms with Gasteiger partial charge in [-0.25, -0.2) is 0 Å². The Balaban J connectivity index is 2.68. The van der Waals surface area contributed by atoms with E-state index in [2.05, 4.69) is 31.0 Å². The molecule has 1 heterocycles. The fraction of sp³-hybridized carbons (Fsp3) is 0.308. The van der Waals surface area contributed by atoms with Crippen molar-refractivity contribution in [2.45, 2.75) is 26.9 Å². The van der Waals surface area contributed by atoms with Crippen LogP contribution in [-0.4, -0.2) is 10.1 Å². The van der Waals surface area contributed by atoms with Gasteiger partial charge in [0.15, 0.2) is 0 Å². The Bertz CT molecular complexity index is 491. The van der Waals surface area contributed by atoms with Crippen LogP contribution in [-0.2, 0) is 13.0 Å². The van der Waals surface area contributed by atoms with Crippen molar-refractivity contribution in [2.75, 3.05) is 0 Å². The first-order valence-electron chi connectivity index (χ1n) is 5.24. The van der Waals surface area contributed by atoms with Gasteiger partial charge < -0.3 is 5.11 Å². The number of pyridine rings is 1. The fourth-order valence-corrected chi connectivity index (χ4v) is 1.81. The summed E-state index contributed by atoms with van der Waals surface area (Å²) < 4.78 is 0. The van der Waals surface area contributed by atoms with E-state index in [4.69, 9.17) is 5.11 Å². The Hall–Kier alpha value is -1.41. The third kappa shape index (κ3) is 1.85. The number of rotatable bonds is 2. The van der Waals surface area contributed by atoms with Gasteiger partial charge in [-0.2, -0.15) is 0 Å². The predicted molar refractivity (Wildman–Crippen MR) is 61.8 cm³/mol. The maximum atomic E-state index is 9.06. The van der Waals surface area contributed by atoms with E-state index in [0.717, 1.165) is 17.6 Å². The molecule has 0 amide bonds. The molecule has 1 aromatic heterocycles. The van der Waals surface area contributed by atoms with Gasteiger partial charge in [-0.05, 0) is 42.7 Å². The van der Waals surface area contributed by atoms with Gasteiger partial charge in [-0.15, -0.1) is 0 Å². The normalized spacial score (nSPS) is 10.9. The smallest absolute Gasteiger partial charge is 0.0853 e. The number of fused-ring (bicyclic) bond motifs is 1. The Kier molecular flexibility index (Phi) is 2.69. The number of aromatic nitrogens is 1. The molecule has 2 heteroatoms. The zero-order chi connectivity index (χ0) is 10.8. The van der Waals surface area contributed by atoms with Crippen molar-refractivity contribution in [1.29, 1.82) is 0 Å². The standard InChI is InChI=1S/C13H15NO/c1-3-10-4-5-13-12(7-10)9(2)6-11(8-15)14-13/h4-7,15H,3,8H2,1-2H3. The third-order valence-electron chi connectivity index (χ3n) is 2.70. The van der Waals surface area contributed by atoms with Crippen LogP contribution in [0.2, 0.25) is 0 Å². The molecular weight excluding hydrogens is 186 g/mol. The van der Waals surface area contributed by atoms with Gasteiger partial charge in [0.2, 0.25) is 0 Å². The number of benzene rings is 1. The Morgan fingerprint density at radius 3 is 2.73 bits per heavy atom. The summed E-state index contributed by atoms with van der Waals surface area (Å²) in [5.41, 5.74) is 4.21. The monoisotopic (exact) mass is 201 g/mol. The van der Waals surface area contributed by atoms with Gasteiger partial charge in [-0.1, -0.05) is 13.0 Å². The second-order valence-electron chi connectivity index (χ2n) is 3.79. The highest BCUT2D eigenvalue weighted by atomic mass is 16.3. The van der Waals surface area contributed by atoms with Crippen LogP contribution in [0.25, 0.3) is 10.9 Å². The third-order valence-corrected chi connectivity index (χ3v) is 2.70. The molecule has 1 N–H and O–H groups in total. The molecule has 0 saturated heterocycles. The minimum absolute atomic E-state index is 0.00626. The zero-order valence-corrected chi connectivity index (χ0v) is 9.12. The molecule has 0 atom stereocenters. The van der Waals surface area contributed by atoms with Crippen LogP contribution in [0.3, 0.4) is 0 Å². The molecule has 2 aromatic rings. The molecule has 0 aliphatic heterocycles. The van der Waals surface area contributed by atoms with Crippen molar-refractivity contribution in [3.8, 4) is 0 Å². The maximum Gasteiger partial charge on any atom is 0.0853 e. The molecule has 2 rings (SSSR count). The van der Waals surface area contributed by atoms with E-state index < -0.39 is 0 Å². The lowest BCUT2D eigenvalue weighted by molar-refractivity contribution is 0.277. The molecule has 0 aliphatic rings. The van der Waals surface area contributed by atoms with Gasteiger partial charge in [0.25, 0.3) is 0 Å². The van der Waals surface area contributed by atoms with E-state index in [1.54, 1.807) is 0 Å². The quantitative estimate of drug-likeness (QED) is 0.810. The molecule has 0 radical (unpaired) electrons. The topological polar surface area (TPSA) is 33.1 Å². The summed E-state index contributed by atoms with van der Waals surface area (Å²) in [6, 6.07) is 8.25. The highest BCUT2D eigenvalue weighted by molar-refractivity contribution is 5.82. The first-order chi connectivity index (χ1) is 7.24. The van der Waals surface area contributed by atoms with Crippen molar-refractivity contribution in [3.63, 3.8) is 0 Å². The van der Waals surface area contributed by atoms with Crippen LogP contribution in [0, 0.1) is 6.92 Å². The molecule has 0 spiro atoms. The van der Waals surface area contributed by atoms with Crippen molar-refractivity contribution in [3.05, 3.63) is 41.1 Å². The van der Waals surface area contributed by atoms with Crippen LogP contribution in [0.15, 0.2) is 24.3 Å². The first kappa shape index (κ1) is 10.1. The minimum atomic E-state index is 0.00626. The molecule has 0 aliphatic carbocycles. The summed E-state index contributed by atoms with van der Waals surface area (Å²) in [6.45, 7) is 4.21. The number of aliphatic hydroxyl groups is 1. The average Bonchev–Trinajstić information content (AvgIpc) is 2.28. The molecule has 0 unspecified atom stereocenters. The summed E-state index contributed by atoms with van der Waals surface area (Å²) in [5, 5.41) is 10.2. The number of nitrogens with zero attached hydrogens (tertiary/aromatic N) is 1. The Morgan fingerprint density at radius 2 is 2.07 bits per heavy atom. The second kappa shape index (κ2) is 3.99. The van der Waals surface area contributed by atoms with Crippen LogP contribution >= 0.6 is 0 Å². The molecule has 2 nitrogen and oxygen atoms in total. The van der Waals surface area contributed by atoms with Gasteiger partial charge in [0, 0.05) is 5.39 Å². The van der Waals surface area contributed by atoms with E-state index in [1.807, 2.05) is 12.1 Å². The molecular formula is C13H15NO. The van der Waals surface area contributed by atoms with Crippen molar-refractivity contribution in [2.24, 2.45) is 0 Å². The number of aliphatic hydroxyl groups excluding tert-OH is 1. The molecule has 0 bridgehead atoms. The summed E-state index contributed by atoms with van der Waals surface area (Å²) >= 11 is 0. The van der Waals surface area contributed by atoms with Crippen LogP contribution in [0.4, 0.5) is 0 Å². The van der Waals surface area contributed by atoms with E-state index in [1.165, 1.54) is 16.5 Å². The lowest BCUT2D eigenvalue weighted by Gasteiger charge is -2.06. The van der Waals surface area contributed by atoms with Gasteiger partial charge in [-0.3, -0.25) is 4.98 Å². The van der Waals surface area contributed by atoms with E-state index in [9.17, 15) is 0 Å². The fourth-order valence-electron chi connectivity index (χ4n) is 1.81. The van der Waals surface area contributed by atoms with Gasteiger partial charge >= 0.3 is 0 Å². The summed E-state index contributed by atoms with van der Waals surface area (Å²) in [4.78, 5) is 4.38. The number of hydrogen-bond donors (Lipinski definition) is 1. The first-order valence-corrected chi connectivity index (χ1v) is 5.24. The number of hydrogen-bond acceptors (Lipinski definition) is 2. The highest BCUT2D eigenvalue weighted by Gasteiger charge is 2.02. The van der Waals surface area contributed by atoms with Crippen molar-refractivity contribution >= 4 is 10.9 Å². The molecule has 1 aromatic carbocycles. The number of aryl methyl sites for hydroxylation is 2. The molecule has 15 heavy (non-hydrogen) atoms. The predicted octanol–water partition coefficient (Wildman–Crippen LogP) is 2.60. The lowest BCUT2D eigenvalue weighted by Crippen LogP contribution is -1.93.